The molecule has 0 aliphatic heterocycles. The van der Waals surface area contributed by atoms with Crippen molar-refractivity contribution in [2.24, 2.45) is 5.73 Å². The number of nitrogens with two attached hydrogens (primary N) is 1. The Balaban J connectivity index is 2.50. The summed E-state index contributed by atoms with van der Waals surface area (Å²) in [7, 11) is 0. The van der Waals surface area contributed by atoms with Crippen molar-refractivity contribution in [3.05, 3.63) is 24.2 Å². The van der Waals surface area contributed by atoms with E-state index >= 15 is 0 Å². The number of carbonyl (C=O) groups is 1. The van der Waals surface area contributed by atoms with Gasteiger partial charge in [0.25, 0.3) is 5.91 Å². The number of hydrogen-bond acceptors (Lipinski definition) is 3. The maximum atomic E-state index is 12.2. The van der Waals surface area contributed by atoms with Gasteiger partial charge in [-0.1, -0.05) is 0 Å². The fourth-order valence-corrected chi connectivity index (χ4v) is 1.40. The highest BCUT2D eigenvalue weighted by molar-refractivity contribution is 5.94. The molecule has 2 aromatic rings. The van der Waals surface area contributed by atoms with Crippen LogP contribution in [0.1, 0.15) is 10.5 Å². The average molecular weight is 244 g/mol. The summed E-state index contributed by atoms with van der Waals surface area (Å²) in [5, 5.41) is 4.00. The number of nitrogens with zero attached hydrogens (tertiary/aromatic N) is 3. The Morgan fingerprint density at radius 3 is 2.71 bits per heavy atom. The van der Waals surface area contributed by atoms with Gasteiger partial charge < -0.3 is 5.73 Å². The molecule has 0 atom stereocenters. The Hall–Kier alpha value is -2.12. The van der Waals surface area contributed by atoms with E-state index in [1.165, 1.54) is 18.5 Å². The monoisotopic (exact) mass is 244 g/mol. The lowest BCUT2D eigenvalue weighted by atomic mass is 10.3. The molecule has 90 valence electrons. The molecule has 0 saturated carbocycles. The Bertz CT molecular complexity index is 575. The summed E-state index contributed by atoms with van der Waals surface area (Å²) in [5.74, 6) is -0.799. The summed E-state index contributed by atoms with van der Waals surface area (Å²) in [6, 6.07) is 1.19. The predicted octanol–water partition coefficient (Wildman–Crippen LogP) is 1.09. The van der Waals surface area contributed by atoms with Crippen molar-refractivity contribution in [3.8, 4) is 0 Å². The molecule has 0 aliphatic rings. The highest BCUT2D eigenvalue weighted by atomic mass is 19.4. The van der Waals surface area contributed by atoms with Gasteiger partial charge in [0.15, 0.2) is 0 Å². The van der Waals surface area contributed by atoms with Crippen LogP contribution < -0.4 is 5.73 Å². The molecule has 0 bridgehead atoms. The predicted molar refractivity (Wildman–Crippen MR) is 52.1 cm³/mol. The summed E-state index contributed by atoms with van der Waals surface area (Å²) >= 11 is 0. The molecule has 2 heterocycles. The third-order valence-electron chi connectivity index (χ3n) is 2.11. The quantitative estimate of drug-likeness (QED) is 0.859. The van der Waals surface area contributed by atoms with Gasteiger partial charge in [-0.2, -0.15) is 18.3 Å². The van der Waals surface area contributed by atoms with Crippen LogP contribution in [0.3, 0.4) is 0 Å². The molecule has 0 saturated heterocycles. The molecular formula is C9H7F3N4O. The van der Waals surface area contributed by atoms with Crippen molar-refractivity contribution in [1.82, 2.24) is 14.8 Å². The van der Waals surface area contributed by atoms with E-state index in [0.717, 1.165) is 4.68 Å². The molecule has 5 nitrogen and oxygen atoms in total. The minimum absolute atomic E-state index is 0.0959. The summed E-state index contributed by atoms with van der Waals surface area (Å²) < 4.78 is 37.5. The van der Waals surface area contributed by atoms with E-state index in [0.29, 0.717) is 5.39 Å². The van der Waals surface area contributed by atoms with Gasteiger partial charge in [0.2, 0.25) is 0 Å². The minimum atomic E-state index is -4.38. The SMILES string of the molecule is NC(=O)c1cc2c(cn1)cnn2CC(F)(F)F. The lowest BCUT2D eigenvalue weighted by Crippen LogP contribution is -2.19. The van der Waals surface area contributed by atoms with Crippen molar-refractivity contribution in [2.45, 2.75) is 12.7 Å². The number of carbonyl (C=O) groups excluding carboxylic acids is 1. The van der Waals surface area contributed by atoms with Crippen LogP contribution in [-0.4, -0.2) is 26.8 Å². The summed E-state index contributed by atoms with van der Waals surface area (Å²) in [6.07, 6.45) is -1.87. The van der Waals surface area contributed by atoms with Gasteiger partial charge in [0.05, 0.1) is 11.7 Å². The van der Waals surface area contributed by atoms with Crippen LogP contribution in [0.25, 0.3) is 10.9 Å². The number of rotatable bonds is 2. The van der Waals surface area contributed by atoms with Crippen molar-refractivity contribution in [3.63, 3.8) is 0 Å². The lowest BCUT2D eigenvalue weighted by Gasteiger charge is -2.07. The second-order valence-electron chi connectivity index (χ2n) is 3.41. The smallest absolute Gasteiger partial charge is 0.364 e. The van der Waals surface area contributed by atoms with Crippen molar-refractivity contribution in [2.75, 3.05) is 0 Å². The van der Waals surface area contributed by atoms with Gasteiger partial charge in [-0.15, -0.1) is 0 Å². The van der Waals surface area contributed by atoms with Gasteiger partial charge >= 0.3 is 6.18 Å². The summed E-state index contributed by atoms with van der Waals surface area (Å²) in [4.78, 5) is 14.6. The second-order valence-corrected chi connectivity index (χ2v) is 3.41. The highest BCUT2D eigenvalue weighted by Crippen LogP contribution is 2.21. The average Bonchev–Trinajstić information content (AvgIpc) is 2.58. The molecule has 17 heavy (non-hydrogen) atoms. The molecule has 0 spiro atoms. The van der Waals surface area contributed by atoms with Gasteiger partial charge in [-0.25, -0.2) is 0 Å². The first kappa shape index (κ1) is 11.4. The largest absolute Gasteiger partial charge is 0.408 e. The standard InChI is InChI=1S/C9H7F3N4O/c10-9(11,12)4-16-7-1-6(8(13)17)14-2-5(7)3-15-16/h1-3H,4H2,(H2,13,17). The topological polar surface area (TPSA) is 73.8 Å². The van der Waals surface area contributed by atoms with Crippen LogP contribution in [0.4, 0.5) is 13.2 Å². The van der Waals surface area contributed by atoms with Crippen LogP contribution in [0.15, 0.2) is 18.5 Å². The Kier molecular flexibility index (Phi) is 2.49. The van der Waals surface area contributed by atoms with E-state index in [4.69, 9.17) is 5.73 Å². The van der Waals surface area contributed by atoms with Gasteiger partial charge in [-0.3, -0.25) is 14.5 Å². The Morgan fingerprint density at radius 1 is 1.41 bits per heavy atom. The lowest BCUT2D eigenvalue weighted by molar-refractivity contribution is -0.141. The third-order valence-corrected chi connectivity index (χ3v) is 2.11. The van der Waals surface area contributed by atoms with E-state index in [-0.39, 0.29) is 11.2 Å². The molecule has 0 fully saturated rings. The first-order chi connectivity index (χ1) is 7.87. The number of pyridine rings is 1. The first-order valence-corrected chi connectivity index (χ1v) is 4.55. The second kappa shape index (κ2) is 3.72. The first-order valence-electron chi connectivity index (χ1n) is 4.55. The third kappa shape index (κ3) is 2.35. The van der Waals surface area contributed by atoms with Crippen LogP contribution in [0, 0.1) is 0 Å². The van der Waals surface area contributed by atoms with E-state index in [9.17, 15) is 18.0 Å². The molecule has 0 aromatic carbocycles. The number of primary amides is 1. The van der Waals surface area contributed by atoms with E-state index in [2.05, 4.69) is 10.1 Å². The molecule has 8 heteroatoms. The molecule has 0 radical (unpaired) electrons. The number of amides is 1. The Morgan fingerprint density at radius 2 is 2.12 bits per heavy atom. The van der Waals surface area contributed by atoms with E-state index < -0.39 is 18.6 Å². The molecule has 0 aliphatic carbocycles. The highest BCUT2D eigenvalue weighted by Gasteiger charge is 2.29. The zero-order chi connectivity index (χ0) is 12.6. The van der Waals surface area contributed by atoms with Crippen molar-refractivity contribution >= 4 is 16.8 Å². The molecule has 1 amide bonds. The van der Waals surface area contributed by atoms with Crippen LogP contribution >= 0.6 is 0 Å². The van der Waals surface area contributed by atoms with Crippen LogP contribution in [-0.2, 0) is 6.54 Å². The number of aromatic nitrogens is 3. The molecular weight excluding hydrogens is 237 g/mol. The molecule has 2 rings (SSSR count). The fraction of sp³-hybridized carbons (Fsp3) is 0.222. The van der Waals surface area contributed by atoms with Crippen LogP contribution in [0.5, 0.6) is 0 Å². The maximum Gasteiger partial charge on any atom is 0.408 e. The number of halogens is 3. The summed E-state index contributed by atoms with van der Waals surface area (Å²) in [6.45, 7) is -1.22. The van der Waals surface area contributed by atoms with Gasteiger partial charge in [-0.05, 0) is 6.07 Å². The van der Waals surface area contributed by atoms with Crippen LogP contribution in [0.2, 0.25) is 0 Å². The molecule has 2 aromatic heterocycles. The maximum absolute atomic E-state index is 12.2. The van der Waals surface area contributed by atoms with E-state index in [1.54, 1.807) is 0 Å². The normalized spacial score (nSPS) is 11.9. The van der Waals surface area contributed by atoms with Gasteiger partial charge in [0, 0.05) is 11.6 Å². The number of alkyl halides is 3. The zero-order valence-corrected chi connectivity index (χ0v) is 8.40. The van der Waals surface area contributed by atoms with Gasteiger partial charge in [0.1, 0.15) is 12.2 Å². The van der Waals surface area contributed by atoms with Crippen molar-refractivity contribution < 1.29 is 18.0 Å². The number of fused-ring (bicyclic) bond motifs is 1. The van der Waals surface area contributed by atoms with Crippen molar-refractivity contribution in [1.29, 1.82) is 0 Å². The number of hydrogen-bond donors (Lipinski definition) is 1. The Labute approximate surface area is 93.0 Å². The molecule has 0 unspecified atom stereocenters. The molecule has 2 N–H and O–H groups in total. The summed E-state index contributed by atoms with van der Waals surface area (Å²) in [5.41, 5.74) is 5.07. The minimum Gasteiger partial charge on any atom is -0.364 e. The zero-order valence-electron chi connectivity index (χ0n) is 8.40. The fourth-order valence-electron chi connectivity index (χ4n) is 1.40. The van der Waals surface area contributed by atoms with E-state index in [1.807, 2.05) is 0 Å².